The third-order valence-electron chi connectivity index (χ3n) is 3.72. The van der Waals surface area contributed by atoms with Crippen molar-refractivity contribution in [1.82, 2.24) is 10.2 Å². The lowest BCUT2D eigenvalue weighted by Gasteiger charge is -2.37. The second kappa shape index (κ2) is 7.12. The topological polar surface area (TPSA) is 113 Å². The van der Waals surface area contributed by atoms with Gasteiger partial charge in [0.2, 0.25) is 5.91 Å². The standard InChI is InChI=1S/C13H23N3O4/c1-3-4-10(12(18)19)15-13(20)16-7-9(11(14)17)6-5-8(16)2/h8-10H,3-7H2,1-2H3,(H2,14,17)(H,15,20)(H,18,19). The summed E-state index contributed by atoms with van der Waals surface area (Å²) in [4.78, 5) is 36.0. The minimum absolute atomic E-state index is 0.0262. The Labute approximate surface area is 118 Å². The van der Waals surface area contributed by atoms with Crippen molar-refractivity contribution in [3.05, 3.63) is 0 Å². The summed E-state index contributed by atoms with van der Waals surface area (Å²) in [6, 6.07) is -1.36. The van der Waals surface area contributed by atoms with E-state index in [1.807, 2.05) is 13.8 Å². The Hall–Kier alpha value is -1.79. The van der Waals surface area contributed by atoms with E-state index in [9.17, 15) is 14.4 Å². The highest BCUT2D eigenvalue weighted by Crippen LogP contribution is 2.21. The number of amides is 3. The number of nitrogens with two attached hydrogens (primary N) is 1. The summed E-state index contributed by atoms with van der Waals surface area (Å²) in [6.07, 6.45) is 2.39. The van der Waals surface area contributed by atoms with Crippen LogP contribution in [-0.4, -0.2) is 46.5 Å². The maximum Gasteiger partial charge on any atom is 0.326 e. The molecule has 20 heavy (non-hydrogen) atoms. The number of carboxylic acid groups (broad SMARTS) is 1. The zero-order chi connectivity index (χ0) is 15.3. The molecule has 4 N–H and O–H groups in total. The number of urea groups is 1. The fourth-order valence-electron chi connectivity index (χ4n) is 2.40. The van der Waals surface area contributed by atoms with E-state index in [-0.39, 0.29) is 18.5 Å². The van der Waals surface area contributed by atoms with Gasteiger partial charge in [0.15, 0.2) is 0 Å². The van der Waals surface area contributed by atoms with E-state index in [0.717, 1.165) is 0 Å². The van der Waals surface area contributed by atoms with Gasteiger partial charge in [-0.1, -0.05) is 13.3 Å². The van der Waals surface area contributed by atoms with Crippen molar-refractivity contribution in [3.63, 3.8) is 0 Å². The predicted molar refractivity (Wildman–Crippen MR) is 72.9 cm³/mol. The second-order valence-electron chi connectivity index (χ2n) is 5.31. The number of carboxylic acids is 1. The molecule has 0 aromatic carbocycles. The van der Waals surface area contributed by atoms with Crippen LogP contribution < -0.4 is 11.1 Å². The predicted octanol–water partition coefficient (Wildman–Crippen LogP) is 0.535. The van der Waals surface area contributed by atoms with Crippen molar-refractivity contribution in [2.75, 3.05) is 6.54 Å². The molecule has 1 heterocycles. The summed E-state index contributed by atoms with van der Waals surface area (Å²) in [5, 5.41) is 11.6. The second-order valence-corrected chi connectivity index (χ2v) is 5.31. The van der Waals surface area contributed by atoms with Crippen LogP contribution >= 0.6 is 0 Å². The molecule has 1 aliphatic heterocycles. The summed E-state index contributed by atoms with van der Waals surface area (Å²) < 4.78 is 0. The normalized spacial score (nSPS) is 24.0. The fraction of sp³-hybridized carbons (Fsp3) is 0.769. The highest BCUT2D eigenvalue weighted by molar-refractivity contribution is 5.83. The Balaban J connectivity index is 2.68. The molecular formula is C13H23N3O4. The number of nitrogens with one attached hydrogen (secondary N) is 1. The molecule has 0 bridgehead atoms. The molecule has 0 aromatic rings. The van der Waals surface area contributed by atoms with Gasteiger partial charge in [-0.2, -0.15) is 0 Å². The lowest BCUT2D eigenvalue weighted by Crippen LogP contribution is -2.55. The minimum Gasteiger partial charge on any atom is -0.480 e. The van der Waals surface area contributed by atoms with Crippen molar-refractivity contribution in [2.45, 2.75) is 51.6 Å². The van der Waals surface area contributed by atoms with Gasteiger partial charge in [0.1, 0.15) is 6.04 Å². The van der Waals surface area contributed by atoms with Gasteiger partial charge in [-0.05, 0) is 26.2 Å². The zero-order valence-electron chi connectivity index (χ0n) is 12.0. The Morgan fingerprint density at radius 1 is 1.40 bits per heavy atom. The maximum absolute atomic E-state index is 12.2. The van der Waals surface area contributed by atoms with Crippen LogP contribution in [0.3, 0.4) is 0 Å². The number of primary amides is 1. The number of likely N-dealkylation sites (tertiary alicyclic amines) is 1. The Morgan fingerprint density at radius 2 is 2.05 bits per heavy atom. The Bertz CT molecular complexity index is 386. The number of rotatable bonds is 5. The highest BCUT2D eigenvalue weighted by atomic mass is 16.4. The first-order valence-corrected chi connectivity index (χ1v) is 6.96. The van der Waals surface area contributed by atoms with Crippen LogP contribution in [-0.2, 0) is 9.59 Å². The Kier molecular flexibility index (Phi) is 5.79. The van der Waals surface area contributed by atoms with E-state index < -0.39 is 23.9 Å². The first-order valence-electron chi connectivity index (χ1n) is 6.96. The van der Waals surface area contributed by atoms with Gasteiger partial charge in [0, 0.05) is 12.6 Å². The summed E-state index contributed by atoms with van der Waals surface area (Å²) >= 11 is 0. The van der Waals surface area contributed by atoms with Crippen molar-refractivity contribution in [1.29, 1.82) is 0 Å². The Morgan fingerprint density at radius 3 is 2.55 bits per heavy atom. The van der Waals surface area contributed by atoms with Crippen LogP contribution in [0.1, 0.15) is 39.5 Å². The van der Waals surface area contributed by atoms with Crippen molar-refractivity contribution < 1.29 is 19.5 Å². The van der Waals surface area contributed by atoms with Crippen LogP contribution in [0.5, 0.6) is 0 Å². The number of carbonyl (C=O) groups excluding carboxylic acids is 2. The molecule has 3 unspecified atom stereocenters. The fourth-order valence-corrected chi connectivity index (χ4v) is 2.40. The molecule has 3 amide bonds. The van der Waals surface area contributed by atoms with E-state index in [1.54, 1.807) is 0 Å². The van der Waals surface area contributed by atoms with E-state index in [2.05, 4.69) is 5.32 Å². The van der Waals surface area contributed by atoms with Gasteiger partial charge in [-0.25, -0.2) is 9.59 Å². The molecular weight excluding hydrogens is 262 g/mol. The molecule has 1 aliphatic rings. The summed E-state index contributed by atoms with van der Waals surface area (Å²) in [5.41, 5.74) is 5.28. The van der Waals surface area contributed by atoms with Crippen molar-refractivity contribution >= 4 is 17.9 Å². The monoisotopic (exact) mass is 285 g/mol. The highest BCUT2D eigenvalue weighted by Gasteiger charge is 2.33. The lowest BCUT2D eigenvalue weighted by atomic mass is 9.93. The molecule has 0 saturated carbocycles. The van der Waals surface area contributed by atoms with Gasteiger partial charge in [-0.15, -0.1) is 0 Å². The third-order valence-corrected chi connectivity index (χ3v) is 3.72. The number of nitrogens with zero attached hydrogens (tertiary/aromatic N) is 1. The molecule has 3 atom stereocenters. The molecule has 0 spiro atoms. The van der Waals surface area contributed by atoms with Crippen molar-refractivity contribution in [2.24, 2.45) is 11.7 Å². The molecule has 1 saturated heterocycles. The van der Waals surface area contributed by atoms with Crippen LogP contribution in [0.15, 0.2) is 0 Å². The largest absolute Gasteiger partial charge is 0.480 e. The van der Waals surface area contributed by atoms with Crippen LogP contribution in [0.4, 0.5) is 4.79 Å². The average molecular weight is 285 g/mol. The maximum atomic E-state index is 12.2. The first kappa shape index (κ1) is 16.3. The van der Waals surface area contributed by atoms with Crippen LogP contribution in [0.25, 0.3) is 0 Å². The van der Waals surface area contributed by atoms with Crippen LogP contribution in [0.2, 0.25) is 0 Å². The van der Waals surface area contributed by atoms with Gasteiger partial charge >= 0.3 is 12.0 Å². The smallest absolute Gasteiger partial charge is 0.326 e. The average Bonchev–Trinajstić information content (AvgIpc) is 2.38. The quantitative estimate of drug-likeness (QED) is 0.684. The van der Waals surface area contributed by atoms with Gasteiger partial charge in [0.25, 0.3) is 0 Å². The summed E-state index contributed by atoms with van der Waals surface area (Å²) in [7, 11) is 0. The lowest BCUT2D eigenvalue weighted by molar-refractivity contribution is -0.139. The molecule has 1 fully saturated rings. The number of piperidine rings is 1. The first-order chi connectivity index (χ1) is 9.36. The minimum atomic E-state index is -1.05. The van der Waals surface area contributed by atoms with E-state index in [1.165, 1.54) is 4.90 Å². The summed E-state index contributed by atoms with van der Waals surface area (Å²) in [5.74, 6) is -1.82. The third kappa shape index (κ3) is 4.11. The molecule has 0 aromatic heterocycles. The molecule has 7 heteroatoms. The zero-order valence-corrected chi connectivity index (χ0v) is 12.0. The number of hydrogen-bond donors (Lipinski definition) is 3. The van der Waals surface area contributed by atoms with Gasteiger partial charge in [-0.3, -0.25) is 4.79 Å². The van der Waals surface area contributed by atoms with Crippen LogP contribution in [0, 0.1) is 5.92 Å². The molecule has 1 rings (SSSR count). The number of aliphatic carboxylic acids is 1. The van der Waals surface area contributed by atoms with E-state index in [0.29, 0.717) is 25.7 Å². The molecule has 0 radical (unpaired) electrons. The van der Waals surface area contributed by atoms with Crippen molar-refractivity contribution in [3.8, 4) is 0 Å². The molecule has 7 nitrogen and oxygen atoms in total. The summed E-state index contributed by atoms with van der Waals surface area (Å²) in [6.45, 7) is 3.99. The van der Waals surface area contributed by atoms with E-state index >= 15 is 0 Å². The molecule has 114 valence electrons. The SMILES string of the molecule is CCCC(NC(=O)N1CC(C(N)=O)CCC1C)C(=O)O. The molecule has 0 aliphatic carbocycles. The number of hydrogen-bond acceptors (Lipinski definition) is 3. The van der Waals surface area contributed by atoms with E-state index in [4.69, 9.17) is 10.8 Å². The number of carbonyl (C=O) groups is 3. The van der Waals surface area contributed by atoms with Gasteiger partial charge in [0.05, 0.1) is 5.92 Å². The van der Waals surface area contributed by atoms with Gasteiger partial charge < -0.3 is 21.1 Å².